The fourth-order valence-electron chi connectivity index (χ4n) is 2.18. The molecule has 17 heavy (non-hydrogen) atoms. The molecule has 0 unspecified atom stereocenters. The summed E-state index contributed by atoms with van der Waals surface area (Å²) in [5.41, 5.74) is 0. The van der Waals surface area contributed by atoms with Gasteiger partial charge >= 0.3 is 0 Å². The van der Waals surface area contributed by atoms with Crippen LogP contribution in [0.3, 0.4) is 0 Å². The molecular weight excluding hydrogens is 206 g/mol. The molecular formula is C16H37N. The van der Waals surface area contributed by atoms with Gasteiger partial charge in [-0.25, -0.2) is 0 Å². The number of rotatable bonds is 4. The first kappa shape index (κ1) is 19.3. The van der Waals surface area contributed by atoms with Crippen molar-refractivity contribution >= 4 is 0 Å². The maximum absolute atomic E-state index is 2.39. The summed E-state index contributed by atoms with van der Waals surface area (Å²) >= 11 is 0. The smallest absolute Gasteiger partial charge is 0.00218 e. The molecule has 0 spiro atoms. The predicted molar refractivity (Wildman–Crippen MR) is 81.7 cm³/mol. The first-order valence-corrected chi connectivity index (χ1v) is 7.89. The van der Waals surface area contributed by atoms with Gasteiger partial charge in [0.2, 0.25) is 0 Å². The van der Waals surface area contributed by atoms with E-state index in [-0.39, 0.29) is 0 Å². The van der Waals surface area contributed by atoms with Crippen molar-refractivity contribution in [2.45, 2.75) is 79.6 Å². The number of likely N-dealkylation sites (tertiary alicyclic amines) is 1. The van der Waals surface area contributed by atoms with Crippen LogP contribution in [0.1, 0.15) is 79.6 Å². The quantitative estimate of drug-likeness (QED) is 0.643. The second-order valence-corrected chi connectivity index (χ2v) is 5.05. The van der Waals surface area contributed by atoms with E-state index in [0.29, 0.717) is 0 Å². The van der Waals surface area contributed by atoms with E-state index >= 15 is 0 Å². The molecule has 0 aromatic heterocycles. The molecule has 1 heteroatoms. The molecule has 1 fully saturated rings. The summed E-state index contributed by atoms with van der Waals surface area (Å²) < 4.78 is 0. The minimum absolute atomic E-state index is 0.963. The Morgan fingerprint density at radius 3 is 1.53 bits per heavy atom. The fourth-order valence-corrected chi connectivity index (χ4v) is 2.18. The first-order chi connectivity index (χ1) is 8.20. The summed E-state index contributed by atoms with van der Waals surface area (Å²) in [4.78, 5) is 2.39. The van der Waals surface area contributed by atoms with Crippen LogP contribution < -0.4 is 0 Å². The van der Waals surface area contributed by atoms with Gasteiger partial charge in [0.15, 0.2) is 0 Å². The van der Waals surface area contributed by atoms with Crippen LogP contribution in [0, 0.1) is 5.92 Å². The minimum Gasteiger partial charge on any atom is -0.306 e. The Balaban J connectivity index is 0. The van der Waals surface area contributed by atoms with Crippen LogP contribution in [-0.4, -0.2) is 25.0 Å². The second-order valence-electron chi connectivity index (χ2n) is 5.05. The molecule has 0 aromatic rings. The van der Waals surface area contributed by atoms with Gasteiger partial charge in [0.1, 0.15) is 0 Å². The van der Waals surface area contributed by atoms with Crippen LogP contribution in [0.25, 0.3) is 0 Å². The Bertz CT molecular complexity index is 111. The molecule has 1 saturated heterocycles. The summed E-state index contributed by atoms with van der Waals surface area (Å²) in [5, 5.41) is 0. The van der Waals surface area contributed by atoms with Gasteiger partial charge < -0.3 is 4.90 Å². The normalized spacial score (nSPS) is 15.7. The minimum atomic E-state index is 0.963. The predicted octanol–water partition coefficient (Wildman–Crippen LogP) is 5.35. The van der Waals surface area contributed by atoms with Crippen LogP contribution in [0.5, 0.6) is 0 Å². The van der Waals surface area contributed by atoms with Gasteiger partial charge in [0, 0.05) is 0 Å². The number of hydrogen-bond acceptors (Lipinski definition) is 1. The van der Waals surface area contributed by atoms with Crippen LogP contribution >= 0.6 is 0 Å². The topological polar surface area (TPSA) is 3.24 Å². The molecule has 0 atom stereocenters. The Kier molecular flexibility index (Phi) is 18.1. The van der Waals surface area contributed by atoms with Crippen molar-refractivity contribution in [3.63, 3.8) is 0 Å². The summed E-state index contributed by atoms with van der Waals surface area (Å²) in [6, 6.07) is 0. The van der Waals surface area contributed by atoms with E-state index in [1.54, 1.807) is 0 Å². The Hall–Kier alpha value is -0.0400. The largest absolute Gasteiger partial charge is 0.306 e. The van der Waals surface area contributed by atoms with E-state index in [2.05, 4.69) is 32.7 Å². The molecule has 1 rings (SSSR count). The zero-order chi connectivity index (χ0) is 13.5. The van der Waals surface area contributed by atoms with Gasteiger partial charge in [-0.2, -0.15) is 0 Å². The molecule has 1 heterocycles. The molecule has 0 bridgehead atoms. The van der Waals surface area contributed by atoms with Gasteiger partial charge in [0.25, 0.3) is 0 Å². The molecule has 0 N–H and O–H groups in total. The molecule has 0 amide bonds. The average molecular weight is 243 g/mol. The summed E-state index contributed by atoms with van der Waals surface area (Å²) in [6.07, 6.45) is 9.79. The number of piperidine rings is 1. The van der Waals surface area contributed by atoms with Gasteiger partial charge in [-0.05, 0) is 38.9 Å². The third-order valence-electron chi connectivity index (χ3n) is 3.14. The Morgan fingerprint density at radius 1 is 0.882 bits per heavy atom. The van der Waals surface area contributed by atoms with E-state index in [4.69, 9.17) is 0 Å². The standard InChI is InChI=1S/C8H18.C6H13N.C2H6/c1-4-6-8(3)7-5-2;1-7-5-3-2-4-6-7;1-2/h8H,4-7H2,1-3H3;2-6H2,1H3;1-2H3. The monoisotopic (exact) mass is 243 g/mol. The van der Waals surface area contributed by atoms with E-state index in [1.807, 2.05) is 13.8 Å². The molecule has 1 aliphatic heterocycles. The third kappa shape index (κ3) is 16.0. The summed E-state index contributed by atoms with van der Waals surface area (Å²) in [5.74, 6) is 0.963. The van der Waals surface area contributed by atoms with Gasteiger partial charge in [0.05, 0.1) is 0 Å². The van der Waals surface area contributed by atoms with Crippen LogP contribution in [0.15, 0.2) is 0 Å². The van der Waals surface area contributed by atoms with Crippen molar-refractivity contribution in [2.75, 3.05) is 20.1 Å². The molecule has 1 nitrogen and oxygen atoms in total. The van der Waals surface area contributed by atoms with Crippen LogP contribution in [0.4, 0.5) is 0 Å². The highest BCUT2D eigenvalue weighted by Gasteiger charge is 2.02. The van der Waals surface area contributed by atoms with E-state index in [0.717, 1.165) is 5.92 Å². The lowest BCUT2D eigenvalue weighted by atomic mass is 10.0. The molecule has 0 aromatic carbocycles. The van der Waals surface area contributed by atoms with Crippen molar-refractivity contribution in [3.05, 3.63) is 0 Å². The molecule has 1 aliphatic rings. The van der Waals surface area contributed by atoms with E-state index in [1.165, 1.54) is 58.0 Å². The highest BCUT2D eigenvalue weighted by atomic mass is 15.1. The highest BCUT2D eigenvalue weighted by molar-refractivity contribution is 4.58. The Morgan fingerprint density at radius 2 is 1.29 bits per heavy atom. The molecule has 0 radical (unpaired) electrons. The molecule has 0 saturated carbocycles. The van der Waals surface area contributed by atoms with E-state index in [9.17, 15) is 0 Å². The fraction of sp³-hybridized carbons (Fsp3) is 1.00. The highest BCUT2D eigenvalue weighted by Crippen LogP contribution is 2.10. The second kappa shape index (κ2) is 16.0. The van der Waals surface area contributed by atoms with Gasteiger partial charge in [-0.3, -0.25) is 0 Å². The van der Waals surface area contributed by atoms with Crippen molar-refractivity contribution in [1.82, 2.24) is 4.90 Å². The van der Waals surface area contributed by atoms with Crippen LogP contribution in [-0.2, 0) is 0 Å². The van der Waals surface area contributed by atoms with E-state index < -0.39 is 0 Å². The maximum Gasteiger partial charge on any atom is -0.00218 e. The SMILES string of the molecule is CC.CCCC(C)CCC.CN1CCCCC1. The average Bonchev–Trinajstić information content (AvgIpc) is 2.34. The lowest BCUT2D eigenvalue weighted by Gasteiger charge is -2.20. The van der Waals surface area contributed by atoms with Crippen molar-refractivity contribution in [1.29, 1.82) is 0 Å². The summed E-state index contributed by atoms with van der Waals surface area (Å²) in [6.45, 7) is 13.5. The zero-order valence-electron chi connectivity index (χ0n) is 13.4. The lowest BCUT2D eigenvalue weighted by Crippen LogP contribution is -2.24. The summed E-state index contributed by atoms with van der Waals surface area (Å²) in [7, 11) is 2.19. The van der Waals surface area contributed by atoms with Crippen molar-refractivity contribution < 1.29 is 0 Å². The Labute approximate surface area is 111 Å². The lowest BCUT2D eigenvalue weighted by molar-refractivity contribution is 0.277. The first-order valence-electron chi connectivity index (χ1n) is 7.89. The van der Waals surface area contributed by atoms with Crippen LogP contribution in [0.2, 0.25) is 0 Å². The number of nitrogens with zero attached hydrogens (tertiary/aromatic N) is 1. The van der Waals surface area contributed by atoms with Crippen molar-refractivity contribution in [3.8, 4) is 0 Å². The molecule has 106 valence electrons. The van der Waals surface area contributed by atoms with Crippen molar-refractivity contribution in [2.24, 2.45) is 5.92 Å². The number of hydrogen-bond donors (Lipinski definition) is 0. The molecule has 0 aliphatic carbocycles. The zero-order valence-corrected chi connectivity index (χ0v) is 13.4. The van der Waals surface area contributed by atoms with Gasteiger partial charge in [-0.1, -0.05) is 66.7 Å². The third-order valence-corrected chi connectivity index (χ3v) is 3.14. The maximum atomic E-state index is 2.39. The van der Waals surface area contributed by atoms with Gasteiger partial charge in [-0.15, -0.1) is 0 Å².